The molecule has 5 heteroatoms. The molecule has 0 bridgehead atoms. The first-order chi connectivity index (χ1) is 9.79. The third kappa shape index (κ3) is 2.48. The number of hydrogen-bond donors (Lipinski definition) is 0. The van der Waals surface area contributed by atoms with Gasteiger partial charge in [0, 0.05) is 37.4 Å². The predicted molar refractivity (Wildman–Crippen MR) is 77.5 cm³/mol. The van der Waals surface area contributed by atoms with Crippen molar-refractivity contribution < 1.29 is 0 Å². The molecule has 5 nitrogen and oxygen atoms in total. The number of hydrogen-bond acceptors (Lipinski definition) is 5. The molecule has 1 saturated heterocycles. The number of nitriles is 1. The van der Waals surface area contributed by atoms with Gasteiger partial charge in [-0.2, -0.15) is 5.26 Å². The molecule has 1 unspecified atom stereocenters. The van der Waals surface area contributed by atoms with Crippen LogP contribution in [0.15, 0.2) is 6.33 Å². The lowest BCUT2D eigenvalue weighted by Crippen LogP contribution is -2.49. The molecule has 0 spiro atoms. The largest absolute Gasteiger partial charge is 0.354 e. The molecule has 1 atom stereocenters. The maximum Gasteiger partial charge on any atom is 0.135 e. The molecular weight excluding hydrogens is 250 g/mol. The van der Waals surface area contributed by atoms with E-state index in [4.69, 9.17) is 5.26 Å². The second-order valence-electron chi connectivity index (χ2n) is 5.66. The Morgan fingerprint density at radius 1 is 1.15 bits per heavy atom. The summed E-state index contributed by atoms with van der Waals surface area (Å²) in [6.07, 6.45) is 6.41. The Balaban J connectivity index is 1.74. The summed E-state index contributed by atoms with van der Waals surface area (Å²) in [7, 11) is 0. The smallest absolute Gasteiger partial charge is 0.135 e. The molecule has 1 aliphatic heterocycles. The Kier molecular flexibility index (Phi) is 3.83. The molecule has 1 aromatic heterocycles. The van der Waals surface area contributed by atoms with Crippen molar-refractivity contribution in [2.24, 2.45) is 0 Å². The van der Waals surface area contributed by atoms with E-state index >= 15 is 0 Å². The summed E-state index contributed by atoms with van der Waals surface area (Å²) in [5.74, 6) is 1.14. The Labute approximate surface area is 120 Å². The van der Waals surface area contributed by atoms with Crippen LogP contribution in [-0.2, 0) is 12.8 Å². The fraction of sp³-hybridized carbons (Fsp3) is 0.667. The summed E-state index contributed by atoms with van der Waals surface area (Å²) < 4.78 is 0. The highest BCUT2D eigenvalue weighted by molar-refractivity contribution is 5.50. The summed E-state index contributed by atoms with van der Waals surface area (Å²) in [6, 6.07) is 2.33. The van der Waals surface area contributed by atoms with Crippen molar-refractivity contribution in [2.75, 3.05) is 31.1 Å². The zero-order valence-corrected chi connectivity index (χ0v) is 12.0. The van der Waals surface area contributed by atoms with E-state index in [2.05, 4.69) is 25.8 Å². The van der Waals surface area contributed by atoms with E-state index in [1.54, 1.807) is 6.33 Å². The quantitative estimate of drug-likeness (QED) is 0.813. The topological polar surface area (TPSA) is 56.1 Å². The number of fused-ring (bicyclic) bond motifs is 1. The number of anilines is 1. The number of nitrogens with zero attached hydrogens (tertiary/aromatic N) is 5. The van der Waals surface area contributed by atoms with Crippen LogP contribution in [0, 0.1) is 11.3 Å². The van der Waals surface area contributed by atoms with Crippen molar-refractivity contribution in [1.29, 1.82) is 5.26 Å². The van der Waals surface area contributed by atoms with Crippen molar-refractivity contribution in [3.8, 4) is 6.07 Å². The molecule has 0 radical (unpaired) electrons. The van der Waals surface area contributed by atoms with Gasteiger partial charge in [-0.25, -0.2) is 9.97 Å². The van der Waals surface area contributed by atoms with Crippen LogP contribution < -0.4 is 4.90 Å². The molecule has 106 valence electrons. The van der Waals surface area contributed by atoms with Crippen molar-refractivity contribution in [3.63, 3.8) is 0 Å². The SMILES string of the molecule is CC(C#N)N1CCN(c2ncnc3c2CCCC3)CC1. The van der Waals surface area contributed by atoms with Gasteiger partial charge in [0.25, 0.3) is 0 Å². The molecular formula is C15H21N5. The van der Waals surface area contributed by atoms with Gasteiger partial charge in [0.1, 0.15) is 12.1 Å². The Bertz CT molecular complexity index is 513. The summed E-state index contributed by atoms with van der Waals surface area (Å²) in [6.45, 7) is 5.76. The maximum absolute atomic E-state index is 9.00. The van der Waals surface area contributed by atoms with E-state index in [1.807, 2.05) is 6.92 Å². The molecule has 3 rings (SSSR count). The van der Waals surface area contributed by atoms with Crippen LogP contribution in [0.25, 0.3) is 0 Å². The van der Waals surface area contributed by atoms with E-state index in [9.17, 15) is 0 Å². The van der Waals surface area contributed by atoms with Crippen LogP contribution >= 0.6 is 0 Å². The molecule has 2 aliphatic rings. The lowest BCUT2D eigenvalue weighted by atomic mass is 9.96. The minimum atomic E-state index is 0.0106. The molecule has 1 fully saturated rings. The lowest BCUT2D eigenvalue weighted by molar-refractivity contribution is 0.231. The third-order valence-corrected chi connectivity index (χ3v) is 4.45. The van der Waals surface area contributed by atoms with E-state index in [0.717, 1.165) is 44.8 Å². The van der Waals surface area contributed by atoms with Crippen LogP contribution in [-0.4, -0.2) is 47.1 Å². The summed E-state index contributed by atoms with van der Waals surface area (Å²) in [5, 5.41) is 9.00. The monoisotopic (exact) mass is 271 g/mol. The van der Waals surface area contributed by atoms with Gasteiger partial charge in [0.05, 0.1) is 12.1 Å². The van der Waals surface area contributed by atoms with Crippen molar-refractivity contribution in [3.05, 3.63) is 17.6 Å². The normalized spacial score (nSPS) is 21.1. The first kappa shape index (κ1) is 13.3. The van der Waals surface area contributed by atoms with Gasteiger partial charge in [-0.15, -0.1) is 0 Å². The number of piperazine rings is 1. The fourth-order valence-corrected chi connectivity index (χ4v) is 3.18. The van der Waals surface area contributed by atoms with Gasteiger partial charge in [-0.3, -0.25) is 4.90 Å². The van der Waals surface area contributed by atoms with Gasteiger partial charge in [-0.1, -0.05) is 0 Å². The molecule has 0 aromatic carbocycles. The van der Waals surface area contributed by atoms with Gasteiger partial charge < -0.3 is 4.90 Å². The first-order valence-electron chi connectivity index (χ1n) is 7.51. The zero-order valence-electron chi connectivity index (χ0n) is 12.0. The van der Waals surface area contributed by atoms with E-state index in [1.165, 1.54) is 24.1 Å². The molecule has 1 aliphatic carbocycles. The lowest BCUT2D eigenvalue weighted by Gasteiger charge is -2.37. The molecule has 20 heavy (non-hydrogen) atoms. The molecule has 1 aromatic rings. The van der Waals surface area contributed by atoms with Gasteiger partial charge >= 0.3 is 0 Å². The molecule has 0 N–H and O–H groups in total. The minimum Gasteiger partial charge on any atom is -0.354 e. The van der Waals surface area contributed by atoms with Crippen molar-refractivity contribution in [1.82, 2.24) is 14.9 Å². The highest BCUT2D eigenvalue weighted by atomic mass is 15.3. The number of rotatable bonds is 2. The molecule has 2 heterocycles. The van der Waals surface area contributed by atoms with Crippen LogP contribution in [0.5, 0.6) is 0 Å². The first-order valence-corrected chi connectivity index (χ1v) is 7.51. The molecule has 0 saturated carbocycles. The minimum absolute atomic E-state index is 0.0106. The van der Waals surface area contributed by atoms with E-state index in [-0.39, 0.29) is 6.04 Å². The van der Waals surface area contributed by atoms with Crippen LogP contribution in [0.2, 0.25) is 0 Å². The van der Waals surface area contributed by atoms with Crippen LogP contribution in [0.1, 0.15) is 31.0 Å². The molecule has 0 amide bonds. The van der Waals surface area contributed by atoms with Crippen molar-refractivity contribution in [2.45, 2.75) is 38.6 Å². The highest BCUT2D eigenvalue weighted by Gasteiger charge is 2.25. The van der Waals surface area contributed by atoms with E-state index in [0.29, 0.717) is 0 Å². The van der Waals surface area contributed by atoms with Crippen LogP contribution in [0.3, 0.4) is 0 Å². The Morgan fingerprint density at radius 3 is 2.65 bits per heavy atom. The standard InChI is InChI=1S/C15H21N5/c1-12(10-16)19-6-8-20(9-7-19)15-13-4-2-3-5-14(13)17-11-18-15/h11-12H,2-9H2,1H3. The van der Waals surface area contributed by atoms with Gasteiger partial charge in [0.15, 0.2) is 0 Å². The second kappa shape index (κ2) is 5.76. The number of aromatic nitrogens is 2. The Morgan fingerprint density at radius 2 is 1.90 bits per heavy atom. The summed E-state index contributed by atoms with van der Waals surface area (Å²) >= 11 is 0. The van der Waals surface area contributed by atoms with Gasteiger partial charge in [0.2, 0.25) is 0 Å². The average molecular weight is 271 g/mol. The maximum atomic E-state index is 9.00. The van der Waals surface area contributed by atoms with Crippen LogP contribution in [0.4, 0.5) is 5.82 Å². The highest BCUT2D eigenvalue weighted by Crippen LogP contribution is 2.27. The predicted octanol–water partition coefficient (Wildman–Crippen LogP) is 1.39. The number of aryl methyl sites for hydroxylation is 1. The zero-order chi connectivity index (χ0) is 13.9. The summed E-state index contributed by atoms with van der Waals surface area (Å²) in [5.41, 5.74) is 2.61. The summed E-state index contributed by atoms with van der Waals surface area (Å²) in [4.78, 5) is 13.6. The van der Waals surface area contributed by atoms with Crippen molar-refractivity contribution >= 4 is 5.82 Å². The van der Waals surface area contributed by atoms with Gasteiger partial charge in [-0.05, 0) is 32.6 Å². The fourth-order valence-electron chi connectivity index (χ4n) is 3.18. The van der Waals surface area contributed by atoms with E-state index < -0.39 is 0 Å². The Hall–Kier alpha value is -1.67. The third-order valence-electron chi connectivity index (χ3n) is 4.45. The second-order valence-corrected chi connectivity index (χ2v) is 5.66. The average Bonchev–Trinajstić information content (AvgIpc) is 2.54.